The van der Waals surface area contributed by atoms with Gasteiger partial charge in [0.15, 0.2) is 0 Å². The van der Waals surface area contributed by atoms with E-state index in [0.717, 1.165) is 5.57 Å². The molecule has 2 aromatic carbocycles. The summed E-state index contributed by atoms with van der Waals surface area (Å²) in [7, 11) is 0.245. The Morgan fingerprint density at radius 2 is 1.91 bits per heavy atom. The summed E-state index contributed by atoms with van der Waals surface area (Å²) in [4.78, 5) is 27.1. The first-order chi connectivity index (χ1) is 15.8. The number of rotatable bonds is 4. The van der Waals surface area contributed by atoms with Crippen molar-refractivity contribution in [2.75, 3.05) is 13.7 Å². The summed E-state index contributed by atoms with van der Waals surface area (Å²) in [6.45, 7) is 0.190. The highest BCUT2D eigenvalue weighted by Crippen LogP contribution is 2.51. The second kappa shape index (κ2) is 8.52. The summed E-state index contributed by atoms with van der Waals surface area (Å²) in [6.07, 6.45) is 0.119. The van der Waals surface area contributed by atoms with E-state index in [1.807, 2.05) is 30.3 Å². The fraction of sp³-hybridized carbons (Fsp3) is 0.333. The number of fused-ring (bicyclic) bond motifs is 3. The van der Waals surface area contributed by atoms with Crippen LogP contribution in [0.2, 0.25) is 5.02 Å². The molecule has 3 aliphatic rings. The number of carbonyl (C=O) groups excluding carboxylic acids is 2. The number of amides is 2. The van der Waals surface area contributed by atoms with Crippen LogP contribution in [0.25, 0.3) is 0 Å². The molecule has 0 bridgehead atoms. The van der Waals surface area contributed by atoms with E-state index < -0.39 is 31.0 Å². The van der Waals surface area contributed by atoms with Gasteiger partial charge in [-0.1, -0.05) is 35.9 Å². The lowest BCUT2D eigenvalue weighted by Crippen LogP contribution is -2.45. The molecular formula is C24H23BClNO6. The van der Waals surface area contributed by atoms with Crippen molar-refractivity contribution < 1.29 is 29.1 Å². The third kappa shape index (κ3) is 3.82. The first-order valence-corrected chi connectivity index (χ1v) is 11.3. The number of ether oxygens (including phenoxy) is 1. The van der Waals surface area contributed by atoms with Gasteiger partial charge in [0.1, 0.15) is 18.1 Å². The average Bonchev–Trinajstić information content (AvgIpc) is 3.02. The van der Waals surface area contributed by atoms with E-state index in [-0.39, 0.29) is 24.2 Å². The molecule has 5 rings (SSSR count). The van der Waals surface area contributed by atoms with Crippen LogP contribution >= 0.6 is 11.6 Å². The fourth-order valence-corrected chi connectivity index (χ4v) is 5.66. The van der Waals surface area contributed by atoms with Crippen molar-refractivity contribution in [1.82, 2.24) is 4.90 Å². The molecule has 1 aliphatic carbocycles. The minimum absolute atomic E-state index is 0.0250. The Labute approximate surface area is 196 Å². The normalized spacial score (nSPS) is 27.0. The number of hydrogen-bond acceptors (Lipinski definition) is 6. The number of carbonyl (C=O) groups is 2. The van der Waals surface area contributed by atoms with E-state index in [0.29, 0.717) is 34.6 Å². The number of aromatic hydroxyl groups is 1. The number of nitrogens with zero attached hydrogens (tertiary/aromatic N) is 1. The molecule has 7 nitrogen and oxygen atoms in total. The van der Waals surface area contributed by atoms with E-state index >= 15 is 0 Å². The zero-order chi connectivity index (χ0) is 23.3. The number of phenols is 1. The van der Waals surface area contributed by atoms with Gasteiger partial charge in [0.2, 0.25) is 11.8 Å². The van der Waals surface area contributed by atoms with Crippen molar-refractivity contribution in [1.29, 1.82) is 0 Å². The molecule has 0 aromatic heterocycles. The second-order valence-corrected chi connectivity index (χ2v) is 9.16. The van der Waals surface area contributed by atoms with E-state index in [1.165, 1.54) is 24.1 Å². The third-order valence-electron chi connectivity index (χ3n) is 6.92. The molecule has 0 spiro atoms. The van der Waals surface area contributed by atoms with Gasteiger partial charge in [-0.25, -0.2) is 0 Å². The quantitative estimate of drug-likeness (QED) is 0.530. The average molecular weight is 468 g/mol. The molecule has 2 fully saturated rings. The van der Waals surface area contributed by atoms with Gasteiger partial charge in [-0.15, -0.1) is 0 Å². The SMILES string of the molecule is CN1C(=O)[C@H]2[C@H](CC(COc3ccccc3)=C3B(O)O[C@H](c4ccc(O)cc4Cl)C[C@H]32)C1=O. The molecule has 2 N–H and O–H groups in total. The number of hydrogen-bond donors (Lipinski definition) is 2. The zero-order valence-electron chi connectivity index (χ0n) is 18.0. The molecule has 2 heterocycles. The topological polar surface area (TPSA) is 96.3 Å². The number of imide groups is 1. The van der Waals surface area contributed by atoms with Crippen molar-refractivity contribution in [3.05, 3.63) is 70.2 Å². The van der Waals surface area contributed by atoms with Crippen molar-refractivity contribution in [2.24, 2.45) is 17.8 Å². The van der Waals surface area contributed by atoms with Crippen LogP contribution in [-0.2, 0) is 14.2 Å². The van der Waals surface area contributed by atoms with Crippen LogP contribution in [-0.4, -0.2) is 47.6 Å². The Kier molecular flexibility index (Phi) is 5.68. The van der Waals surface area contributed by atoms with Crippen LogP contribution in [0.5, 0.6) is 11.5 Å². The molecule has 2 aliphatic heterocycles. The zero-order valence-corrected chi connectivity index (χ0v) is 18.7. The van der Waals surface area contributed by atoms with Crippen LogP contribution in [0.3, 0.4) is 0 Å². The Bertz CT molecular complexity index is 1140. The molecule has 0 radical (unpaired) electrons. The Hall–Kier alpha value is -2.81. The maximum atomic E-state index is 13.0. The van der Waals surface area contributed by atoms with Crippen molar-refractivity contribution in [3.63, 3.8) is 0 Å². The lowest BCUT2D eigenvalue weighted by molar-refractivity contribution is -0.138. The highest BCUT2D eigenvalue weighted by Gasteiger charge is 2.57. The Morgan fingerprint density at radius 1 is 1.15 bits per heavy atom. The number of benzene rings is 2. The van der Waals surface area contributed by atoms with Crippen molar-refractivity contribution in [3.8, 4) is 11.5 Å². The number of likely N-dealkylation sites (tertiary alicyclic amines) is 1. The van der Waals surface area contributed by atoms with E-state index in [1.54, 1.807) is 6.07 Å². The molecule has 9 heteroatoms. The summed E-state index contributed by atoms with van der Waals surface area (Å²) >= 11 is 6.34. The molecule has 0 unspecified atom stereocenters. The van der Waals surface area contributed by atoms with E-state index in [9.17, 15) is 19.7 Å². The van der Waals surface area contributed by atoms with Crippen LogP contribution in [0, 0.1) is 17.8 Å². The molecule has 4 atom stereocenters. The van der Waals surface area contributed by atoms with Crippen LogP contribution < -0.4 is 4.74 Å². The standard InChI is InChI=1S/C24H23BClNO6/c1-27-23(29)18-9-13(12-32-15-5-3-2-4-6-15)22-17(21(18)24(27)30)11-20(33-25(22)31)16-8-7-14(28)10-19(16)26/h2-8,10,17-18,20-21,28,31H,9,11-12H2,1H3/t17-,18-,20-,21+/m0/s1. The van der Waals surface area contributed by atoms with Gasteiger partial charge in [-0.05, 0) is 59.6 Å². The van der Waals surface area contributed by atoms with Crippen LogP contribution in [0.1, 0.15) is 24.5 Å². The largest absolute Gasteiger partial charge is 0.508 e. The van der Waals surface area contributed by atoms with Gasteiger partial charge in [0.05, 0.1) is 17.9 Å². The summed E-state index contributed by atoms with van der Waals surface area (Å²) < 4.78 is 11.9. The molecule has 2 saturated heterocycles. The third-order valence-corrected chi connectivity index (χ3v) is 7.25. The maximum Gasteiger partial charge on any atom is 0.487 e. The lowest BCUT2D eigenvalue weighted by atomic mass is 9.55. The Balaban J connectivity index is 1.51. The van der Waals surface area contributed by atoms with Gasteiger partial charge in [-0.3, -0.25) is 14.5 Å². The minimum Gasteiger partial charge on any atom is -0.508 e. The maximum absolute atomic E-state index is 13.0. The van der Waals surface area contributed by atoms with Crippen molar-refractivity contribution >= 4 is 30.5 Å². The molecular weight excluding hydrogens is 445 g/mol. The van der Waals surface area contributed by atoms with Crippen LogP contribution in [0.15, 0.2) is 59.6 Å². The summed E-state index contributed by atoms with van der Waals surface area (Å²) in [5.41, 5.74) is 2.01. The monoisotopic (exact) mass is 467 g/mol. The smallest absolute Gasteiger partial charge is 0.487 e. The van der Waals surface area contributed by atoms with Crippen LogP contribution in [0.4, 0.5) is 0 Å². The van der Waals surface area contributed by atoms with E-state index in [2.05, 4.69) is 0 Å². The second-order valence-electron chi connectivity index (χ2n) is 8.76. The molecule has 2 amide bonds. The molecule has 33 heavy (non-hydrogen) atoms. The Morgan fingerprint density at radius 3 is 2.64 bits per heavy atom. The van der Waals surface area contributed by atoms with Gasteiger partial charge in [-0.2, -0.15) is 0 Å². The summed E-state index contributed by atoms with van der Waals surface area (Å²) in [5.74, 6) is -1.19. The van der Waals surface area contributed by atoms with E-state index in [4.69, 9.17) is 21.0 Å². The van der Waals surface area contributed by atoms with Crippen molar-refractivity contribution in [2.45, 2.75) is 18.9 Å². The van der Waals surface area contributed by atoms with Gasteiger partial charge in [0.25, 0.3) is 0 Å². The predicted octanol–water partition coefficient (Wildman–Crippen LogP) is 3.15. The first kappa shape index (κ1) is 22.0. The number of phenolic OH excluding ortho intramolecular Hbond substituents is 1. The minimum atomic E-state index is -1.26. The first-order valence-electron chi connectivity index (χ1n) is 10.9. The number of halogens is 1. The summed E-state index contributed by atoms with van der Waals surface area (Å²) in [6, 6.07) is 13.9. The molecule has 0 saturated carbocycles. The molecule has 170 valence electrons. The van der Waals surface area contributed by atoms with Gasteiger partial charge in [0, 0.05) is 12.1 Å². The highest BCUT2D eigenvalue weighted by atomic mass is 35.5. The predicted molar refractivity (Wildman–Crippen MR) is 121 cm³/mol. The fourth-order valence-electron chi connectivity index (χ4n) is 5.37. The van der Waals surface area contributed by atoms with Gasteiger partial charge >= 0.3 is 7.12 Å². The van der Waals surface area contributed by atoms with Gasteiger partial charge < -0.3 is 19.5 Å². The summed E-state index contributed by atoms with van der Waals surface area (Å²) in [5, 5.41) is 21.1. The number of allylic oxidation sites excluding steroid dienone is 1. The molecule has 2 aromatic rings. The number of para-hydroxylation sites is 1. The highest BCUT2D eigenvalue weighted by molar-refractivity contribution is 6.53. The lowest BCUT2D eigenvalue weighted by Gasteiger charge is -2.42.